The number of benzene rings is 1. The van der Waals surface area contributed by atoms with E-state index in [-0.39, 0.29) is 11.9 Å². The summed E-state index contributed by atoms with van der Waals surface area (Å²) in [6, 6.07) is 7.69. The van der Waals surface area contributed by atoms with Crippen LogP contribution in [0.25, 0.3) is 0 Å². The van der Waals surface area contributed by atoms with Gasteiger partial charge in [0.25, 0.3) is 5.91 Å². The Bertz CT molecular complexity index is 383. The molecule has 0 saturated carbocycles. The van der Waals surface area contributed by atoms with E-state index in [2.05, 4.69) is 10.6 Å². The first-order valence-electron chi connectivity index (χ1n) is 6.52. The van der Waals surface area contributed by atoms with Crippen LogP contribution in [0.15, 0.2) is 24.3 Å². The van der Waals surface area contributed by atoms with Crippen molar-refractivity contribution >= 4 is 11.6 Å². The Hall–Kier alpha value is -1.55. The van der Waals surface area contributed by atoms with Gasteiger partial charge in [-0.3, -0.25) is 4.79 Å². The Labute approximate surface area is 108 Å². The van der Waals surface area contributed by atoms with Gasteiger partial charge in [-0.15, -0.1) is 0 Å². The van der Waals surface area contributed by atoms with Crippen LogP contribution in [0.2, 0.25) is 0 Å². The fourth-order valence-electron chi connectivity index (χ4n) is 2.07. The zero-order valence-corrected chi connectivity index (χ0v) is 10.7. The summed E-state index contributed by atoms with van der Waals surface area (Å²) in [6.07, 6.45) is 2.02. The Morgan fingerprint density at radius 3 is 2.78 bits per heavy atom. The summed E-state index contributed by atoms with van der Waals surface area (Å²) in [4.78, 5) is 12.0. The zero-order chi connectivity index (χ0) is 12.8. The van der Waals surface area contributed by atoms with Crippen molar-refractivity contribution < 1.29 is 9.53 Å². The van der Waals surface area contributed by atoms with E-state index in [0.29, 0.717) is 12.2 Å². The lowest BCUT2D eigenvalue weighted by Crippen LogP contribution is -2.40. The van der Waals surface area contributed by atoms with Crippen LogP contribution in [-0.2, 0) is 4.74 Å². The van der Waals surface area contributed by atoms with E-state index in [1.54, 1.807) is 0 Å². The van der Waals surface area contributed by atoms with E-state index in [1.807, 2.05) is 31.2 Å². The molecular weight excluding hydrogens is 228 g/mol. The Balaban J connectivity index is 1.91. The van der Waals surface area contributed by atoms with E-state index in [1.165, 1.54) is 0 Å². The average Bonchev–Trinajstić information content (AvgIpc) is 2.41. The SMILES string of the molecule is CCNc1ccc(C(=O)NC2CCCOC2)cc1. The third-order valence-electron chi connectivity index (χ3n) is 3.02. The molecule has 2 rings (SSSR count). The Morgan fingerprint density at radius 2 is 2.17 bits per heavy atom. The fourth-order valence-corrected chi connectivity index (χ4v) is 2.07. The van der Waals surface area contributed by atoms with Crippen molar-refractivity contribution in [3.8, 4) is 0 Å². The van der Waals surface area contributed by atoms with Crippen molar-refractivity contribution in [2.45, 2.75) is 25.8 Å². The molecule has 0 bridgehead atoms. The standard InChI is InChI=1S/C14H20N2O2/c1-2-15-12-7-5-11(6-8-12)14(17)16-13-4-3-9-18-10-13/h5-8,13,15H,2-4,9-10H2,1H3,(H,16,17). The molecule has 1 atom stereocenters. The van der Waals surface area contributed by atoms with Gasteiger partial charge in [-0.05, 0) is 44.0 Å². The third kappa shape index (κ3) is 3.47. The number of anilines is 1. The first-order valence-corrected chi connectivity index (χ1v) is 6.52. The molecule has 1 amide bonds. The second kappa shape index (κ2) is 6.40. The zero-order valence-electron chi connectivity index (χ0n) is 10.7. The first kappa shape index (κ1) is 12.9. The van der Waals surface area contributed by atoms with Gasteiger partial charge in [0.05, 0.1) is 12.6 Å². The minimum Gasteiger partial charge on any atom is -0.385 e. The quantitative estimate of drug-likeness (QED) is 0.857. The number of carbonyl (C=O) groups is 1. The van der Waals surface area contributed by atoms with Crippen molar-refractivity contribution in [2.75, 3.05) is 25.1 Å². The van der Waals surface area contributed by atoms with Gasteiger partial charge in [-0.25, -0.2) is 0 Å². The van der Waals surface area contributed by atoms with Gasteiger partial charge in [0.2, 0.25) is 0 Å². The highest BCUT2D eigenvalue weighted by atomic mass is 16.5. The first-order chi connectivity index (χ1) is 8.79. The molecular formula is C14H20N2O2. The minimum atomic E-state index is -0.0199. The molecule has 18 heavy (non-hydrogen) atoms. The van der Waals surface area contributed by atoms with Crippen LogP contribution in [0.5, 0.6) is 0 Å². The lowest BCUT2D eigenvalue weighted by Gasteiger charge is -2.23. The molecule has 1 heterocycles. The maximum absolute atomic E-state index is 12.0. The largest absolute Gasteiger partial charge is 0.385 e. The minimum absolute atomic E-state index is 0.0199. The number of rotatable bonds is 4. The van der Waals surface area contributed by atoms with Gasteiger partial charge in [0, 0.05) is 24.4 Å². The summed E-state index contributed by atoms with van der Waals surface area (Å²) < 4.78 is 5.35. The van der Waals surface area contributed by atoms with Crippen molar-refractivity contribution in [3.05, 3.63) is 29.8 Å². The van der Waals surface area contributed by atoms with Crippen LogP contribution in [0, 0.1) is 0 Å². The van der Waals surface area contributed by atoms with Crippen LogP contribution in [0.3, 0.4) is 0 Å². The Kier molecular flexibility index (Phi) is 4.59. The summed E-state index contributed by atoms with van der Waals surface area (Å²) >= 11 is 0. The molecule has 0 aliphatic carbocycles. The number of ether oxygens (including phenoxy) is 1. The van der Waals surface area contributed by atoms with Gasteiger partial charge in [0.1, 0.15) is 0 Å². The van der Waals surface area contributed by atoms with E-state index in [0.717, 1.165) is 31.7 Å². The normalized spacial score (nSPS) is 19.3. The molecule has 1 saturated heterocycles. The lowest BCUT2D eigenvalue weighted by atomic mass is 10.1. The lowest BCUT2D eigenvalue weighted by molar-refractivity contribution is 0.0624. The summed E-state index contributed by atoms with van der Waals surface area (Å²) in [6.45, 7) is 4.36. The monoisotopic (exact) mass is 248 g/mol. The van der Waals surface area contributed by atoms with Crippen LogP contribution < -0.4 is 10.6 Å². The second-order valence-electron chi connectivity index (χ2n) is 4.50. The molecule has 1 aromatic rings. The highest BCUT2D eigenvalue weighted by molar-refractivity contribution is 5.94. The molecule has 1 fully saturated rings. The van der Waals surface area contributed by atoms with E-state index in [9.17, 15) is 4.79 Å². The third-order valence-corrected chi connectivity index (χ3v) is 3.02. The van der Waals surface area contributed by atoms with Gasteiger partial charge in [-0.1, -0.05) is 0 Å². The van der Waals surface area contributed by atoms with E-state index < -0.39 is 0 Å². The second-order valence-corrected chi connectivity index (χ2v) is 4.50. The van der Waals surface area contributed by atoms with Gasteiger partial charge in [-0.2, -0.15) is 0 Å². The van der Waals surface area contributed by atoms with Crippen molar-refractivity contribution in [2.24, 2.45) is 0 Å². The van der Waals surface area contributed by atoms with Gasteiger partial charge < -0.3 is 15.4 Å². The maximum Gasteiger partial charge on any atom is 0.251 e. The molecule has 1 aliphatic heterocycles. The van der Waals surface area contributed by atoms with Crippen LogP contribution in [-0.4, -0.2) is 31.7 Å². The molecule has 2 N–H and O–H groups in total. The number of carbonyl (C=O) groups excluding carboxylic acids is 1. The van der Waals surface area contributed by atoms with E-state index in [4.69, 9.17) is 4.74 Å². The molecule has 98 valence electrons. The molecule has 0 radical (unpaired) electrons. The molecule has 1 aliphatic rings. The molecule has 0 aromatic heterocycles. The number of hydrogen-bond acceptors (Lipinski definition) is 3. The molecule has 1 aromatic carbocycles. The highest BCUT2D eigenvalue weighted by Gasteiger charge is 2.16. The number of hydrogen-bond donors (Lipinski definition) is 2. The van der Waals surface area contributed by atoms with Crippen LogP contribution in [0.4, 0.5) is 5.69 Å². The average molecular weight is 248 g/mol. The predicted molar refractivity (Wildman–Crippen MR) is 71.9 cm³/mol. The molecule has 0 spiro atoms. The Morgan fingerprint density at radius 1 is 1.39 bits per heavy atom. The van der Waals surface area contributed by atoms with E-state index >= 15 is 0 Å². The van der Waals surface area contributed by atoms with Crippen molar-refractivity contribution in [1.82, 2.24) is 5.32 Å². The topological polar surface area (TPSA) is 50.4 Å². The maximum atomic E-state index is 12.0. The summed E-state index contributed by atoms with van der Waals surface area (Å²) in [5.74, 6) is -0.0199. The smallest absolute Gasteiger partial charge is 0.251 e. The number of nitrogens with one attached hydrogen (secondary N) is 2. The van der Waals surface area contributed by atoms with Gasteiger partial charge in [0.15, 0.2) is 0 Å². The van der Waals surface area contributed by atoms with Crippen molar-refractivity contribution in [3.63, 3.8) is 0 Å². The van der Waals surface area contributed by atoms with Crippen LogP contribution >= 0.6 is 0 Å². The summed E-state index contributed by atoms with van der Waals surface area (Å²) in [7, 11) is 0. The molecule has 4 heteroatoms. The fraction of sp³-hybridized carbons (Fsp3) is 0.500. The van der Waals surface area contributed by atoms with Crippen LogP contribution in [0.1, 0.15) is 30.1 Å². The molecule has 1 unspecified atom stereocenters. The predicted octanol–water partition coefficient (Wildman–Crippen LogP) is 2.03. The summed E-state index contributed by atoms with van der Waals surface area (Å²) in [5.41, 5.74) is 1.73. The number of amides is 1. The van der Waals surface area contributed by atoms with Gasteiger partial charge >= 0.3 is 0 Å². The van der Waals surface area contributed by atoms with Crippen molar-refractivity contribution in [1.29, 1.82) is 0 Å². The summed E-state index contributed by atoms with van der Waals surface area (Å²) in [5, 5.41) is 6.21. The highest BCUT2D eigenvalue weighted by Crippen LogP contribution is 2.11. The molecule has 4 nitrogen and oxygen atoms in total.